The summed E-state index contributed by atoms with van der Waals surface area (Å²) >= 11 is 0. The molecule has 3 heteroatoms. The number of nitrogens with zero attached hydrogens (tertiary/aromatic N) is 1. The molecule has 0 aliphatic carbocycles. The van der Waals surface area contributed by atoms with E-state index in [0.717, 1.165) is 19.6 Å². The van der Waals surface area contributed by atoms with Gasteiger partial charge in [0.15, 0.2) is 0 Å². The Morgan fingerprint density at radius 2 is 1.89 bits per heavy atom. The van der Waals surface area contributed by atoms with E-state index in [1.165, 1.54) is 18.4 Å². The number of aliphatic hydroxyl groups is 1. The highest BCUT2D eigenvalue weighted by Crippen LogP contribution is 2.20. The largest absolute Gasteiger partial charge is 0.395 e. The maximum absolute atomic E-state index is 9.13. The van der Waals surface area contributed by atoms with Crippen LogP contribution in [0.2, 0.25) is 0 Å². The van der Waals surface area contributed by atoms with Crippen molar-refractivity contribution in [1.29, 1.82) is 0 Å². The highest BCUT2D eigenvalue weighted by Gasteiger charge is 2.17. The summed E-state index contributed by atoms with van der Waals surface area (Å²) in [6.07, 6.45) is 2.36. The minimum atomic E-state index is 0.0593. The summed E-state index contributed by atoms with van der Waals surface area (Å²) in [7, 11) is 0. The first-order chi connectivity index (χ1) is 9.19. The summed E-state index contributed by atoms with van der Waals surface area (Å²) in [5.41, 5.74) is 7.51. The molecule has 0 heterocycles. The molecule has 2 unspecified atom stereocenters. The highest BCUT2D eigenvalue weighted by molar-refractivity contribution is 5.19. The van der Waals surface area contributed by atoms with Crippen LogP contribution in [0.3, 0.4) is 0 Å². The van der Waals surface area contributed by atoms with Crippen molar-refractivity contribution in [2.45, 2.75) is 32.7 Å². The van der Waals surface area contributed by atoms with Gasteiger partial charge in [0.25, 0.3) is 0 Å². The zero-order valence-electron chi connectivity index (χ0n) is 12.3. The predicted molar refractivity (Wildman–Crippen MR) is 81.0 cm³/mol. The molecule has 0 aliphatic rings. The van der Waals surface area contributed by atoms with Gasteiger partial charge in [-0.3, -0.25) is 0 Å². The van der Waals surface area contributed by atoms with Gasteiger partial charge in [-0.1, -0.05) is 50.6 Å². The molecule has 0 bridgehead atoms. The summed E-state index contributed by atoms with van der Waals surface area (Å²) in [6, 6.07) is 10.3. The van der Waals surface area contributed by atoms with Gasteiger partial charge in [-0.05, 0) is 24.4 Å². The normalized spacial score (nSPS) is 14.6. The number of hydrogen-bond acceptors (Lipinski definition) is 3. The van der Waals surface area contributed by atoms with Gasteiger partial charge in [-0.15, -0.1) is 0 Å². The molecule has 1 aromatic rings. The zero-order valence-corrected chi connectivity index (χ0v) is 12.3. The Labute approximate surface area is 117 Å². The molecule has 2 atom stereocenters. The molecular weight excluding hydrogens is 236 g/mol. The number of rotatable bonds is 9. The maximum Gasteiger partial charge on any atom is 0.0558 e. The SMILES string of the molecule is CCCCN(CCO)CC(C)C(N)c1ccccc1. The van der Waals surface area contributed by atoms with E-state index in [1.54, 1.807) is 0 Å². The molecule has 1 aromatic carbocycles. The number of unbranched alkanes of at least 4 members (excludes halogenated alkanes) is 1. The molecule has 0 aromatic heterocycles. The van der Waals surface area contributed by atoms with E-state index in [2.05, 4.69) is 30.9 Å². The van der Waals surface area contributed by atoms with E-state index in [9.17, 15) is 0 Å². The topological polar surface area (TPSA) is 49.5 Å². The molecule has 1 rings (SSSR count). The lowest BCUT2D eigenvalue weighted by Crippen LogP contribution is -2.36. The number of nitrogens with two attached hydrogens (primary N) is 1. The molecule has 0 amide bonds. The smallest absolute Gasteiger partial charge is 0.0558 e. The van der Waals surface area contributed by atoms with Crippen LogP contribution in [0.1, 0.15) is 38.3 Å². The molecule has 0 radical (unpaired) electrons. The molecule has 19 heavy (non-hydrogen) atoms. The Balaban J connectivity index is 2.53. The molecule has 108 valence electrons. The van der Waals surface area contributed by atoms with Crippen molar-refractivity contribution in [2.24, 2.45) is 11.7 Å². The van der Waals surface area contributed by atoms with Gasteiger partial charge in [0.05, 0.1) is 6.61 Å². The van der Waals surface area contributed by atoms with Crippen LogP contribution in [-0.2, 0) is 0 Å². The average Bonchev–Trinajstić information content (AvgIpc) is 2.45. The Kier molecular flexibility index (Phi) is 7.72. The molecule has 0 spiro atoms. The zero-order chi connectivity index (χ0) is 14.1. The highest BCUT2D eigenvalue weighted by atomic mass is 16.3. The van der Waals surface area contributed by atoms with Gasteiger partial charge in [0.2, 0.25) is 0 Å². The van der Waals surface area contributed by atoms with Crippen LogP contribution >= 0.6 is 0 Å². The van der Waals surface area contributed by atoms with Gasteiger partial charge in [0.1, 0.15) is 0 Å². The first-order valence-corrected chi connectivity index (χ1v) is 7.32. The summed E-state index contributed by atoms with van der Waals surface area (Å²) in [4.78, 5) is 2.32. The van der Waals surface area contributed by atoms with Crippen molar-refractivity contribution in [2.75, 3.05) is 26.2 Å². The first kappa shape index (κ1) is 16.2. The van der Waals surface area contributed by atoms with Gasteiger partial charge < -0.3 is 15.7 Å². The monoisotopic (exact) mass is 264 g/mol. The van der Waals surface area contributed by atoms with Crippen LogP contribution in [0, 0.1) is 5.92 Å². The first-order valence-electron chi connectivity index (χ1n) is 7.32. The van der Waals surface area contributed by atoms with Crippen molar-refractivity contribution in [3.05, 3.63) is 35.9 Å². The van der Waals surface area contributed by atoms with Crippen molar-refractivity contribution in [3.63, 3.8) is 0 Å². The molecule has 0 saturated carbocycles. The number of benzene rings is 1. The third-order valence-electron chi connectivity index (χ3n) is 3.59. The van der Waals surface area contributed by atoms with E-state index in [1.807, 2.05) is 18.2 Å². The molecule has 0 saturated heterocycles. The number of hydrogen-bond donors (Lipinski definition) is 2. The molecule has 0 fully saturated rings. The fraction of sp³-hybridized carbons (Fsp3) is 0.625. The molecule has 3 nitrogen and oxygen atoms in total. The second-order valence-electron chi connectivity index (χ2n) is 5.29. The van der Waals surface area contributed by atoms with Crippen LogP contribution in [0.15, 0.2) is 30.3 Å². The lowest BCUT2D eigenvalue weighted by atomic mass is 9.95. The van der Waals surface area contributed by atoms with E-state index in [-0.39, 0.29) is 12.6 Å². The lowest BCUT2D eigenvalue weighted by Gasteiger charge is -2.28. The minimum absolute atomic E-state index is 0.0593. The van der Waals surface area contributed by atoms with Gasteiger partial charge >= 0.3 is 0 Å². The Hall–Kier alpha value is -0.900. The Morgan fingerprint density at radius 1 is 1.21 bits per heavy atom. The molecule has 3 N–H and O–H groups in total. The fourth-order valence-electron chi connectivity index (χ4n) is 2.34. The van der Waals surface area contributed by atoms with Crippen molar-refractivity contribution in [3.8, 4) is 0 Å². The van der Waals surface area contributed by atoms with Crippen molar-refractivity contribution >= 4 is 0 Å². The summed E-state index contributed by atoms with van der Waals surface area (Å²) in [5, 5.41) is 9.13. The van der Waals surface area contributed by atoms with E-state index < -0.39 is 0 Å². The molecule has 0 aliphatic heterocycles. The summed E-state index contributed by atoms with van der Waals surface area (Å²) in [6.45, 7) is 7.33. The maximum atomic E-state index is 9.13. The van der Waals surface area contributed by atoms with Crippen LogP contribution in [0.4, 0.5) is 0 Å². The predicted octanol–water partition coefficient (Wildman–Crippen LogP) is 2.42. The average molecular weight is 264 g/mol. The van der Waals surface area contributed by atoms with E-state index in [0.29, 0.717) is 5.92 Å². The Morgan fingerprint density at radius 3 is 2.47 bits per heavy atom. The van der Waals surface area contributed by atoms with E-state index in [4.69, 9.17) is 10.8 Å². The van der Waals surface area contributed by atoms with Gasteiger partial charge in [-0.25, -0.2) is 0 Å². The third-order valence-corrected chi connectivity index (χ3v) is 3.59. The van der Waals surface area contributed by atoms with Gasteiger partial charge in [0, 0.05) is 19.1 Å². The van der Waals surface area contributed by atoms with Crippen molar-refractivity contribution in [1.82, 2.24) is 4.90 Å². The number of aliphatic hydroxyl groups excluding tert-OH is 1. The van der Waals surface area contributed by atoms with Gasteiger partial charge in [-0.2, -0.15) is 0 Å². The molecular formula is C16H28N2O. The fourth-order valence-corrected chi connectivity index (χ4v) is 2.34. The standard InChI is InChI=1S/C16H28N2O/c1-3-4-10-18(11-12-19)13-14(2)16(17)15-8-6-5-7-9-15/h5-9,14,16,19H,3-4,10-13,17H2,1-2H3. The summed E-state index contributed by atoms with van der Waals surface area (Å²) in [5.74, 6) is 0.380. The Bertz CT molecular complexity index is 329. The lowest BCUT2D eigenvalue weighted by molar-refractivity contribution is 0.169. The van der Waals surface area contributed by atoms with Crippen LogP contribution in [0.25, 0.3) is 0 Å². The second kappa shape index (κ2) is 9.08. The third kappa shape index (κ3) is 5.72. The van der Waals surface area contributed by atoms with Crippen molar-refractivity contribution < 1.29 is 5.11 Å². The second-order valence-corrected chi connectivity index (χ2v) is 5.29. The van der Waals surface area contributed by atoms with Crippen LogP contribution in [-0.4, -0.2) is 36.2 Å². The summed E-state index contributed by atoms with van der Waals surface area (Å²) < 4.78 is 0. The van der Waals surface area contributed by atoms with Crippen LogP contribution in [0.5, 0.6) is 0 Å². The minimum Gasteiger partial charge on any atom is -0.395 e. The quantitative estimate of drug-likeness (QED) is 0.720. The van der Waals surface area contributed by atoms with Crippen LogP contribution < -0.4 is 5.73 Å². The van der Waals surface area contributed by atoms with E-state index >= 15 is 0 Å².